The molecule has 2 atom stereocenters. The summed E-state index contributed by atoms with van der Waals surface area (Å²) in [7, 11) is 0. The van der Waals surface area contributed by atoms with Crippen molar-refractivity contribution in [2.75, 3.05) is 11.5 Å². The Morgan fingerprint density at radius 2 is 1.12 bits per heavy atom. The average Bonchev–Trinajstić information content (AvgIpc) is 2.78. The van der Waals surface area contributed by atoms with E-state index in [1.165, 1.54) is 13.8 Å². The first-order chi connectivity index (χ1) is 16.0. The number of para-hydroxylation sites is 2. The number of esters is 2. The molecule has 0 saturated carbocycles. The lowest BCUT2D eigenvalue weighted by Crippen LogP contribution is -2.11. The molecule has 5 heteroatoms. The maximum absolute atomic E-state index is 11.6. The molecule has 2 rings (SSSR count). The Kier molecular flexibility index (Phi) is 12.1. The lowest BCUT2D eigenvalue weighted by molar-refractivity contribution is -0.132. The maximum Gasteiger partial charge on any atom is 0.308 e. The number of thioether (sulfide) groups is 1. The minimum Gasteiger partial charge on any atom is -0.426 e. The van der Waals surface area contributed by atoms with Gasteiger partial charge >= 0.3 is 11.9 Å². The van der Waals surface area contributed by atoms with E-state index in [-0.39, 0.29) is 11.9 Å². The SMILES string of the molecule is CCCCC(CSCC(CCCC)c1ccccc1OC(C)=O)c1ccccc1OC(C)=O. The zero-order valence-electron chi connectivity index (χ0n) is 20.5. The zero-order chi connectivity index (χ0) is 24.1. The summed E-state index contributed by atoms with van der Waals surface area (Å²) in [5, 5.41) is 0. The Hall–Kier alpha value is -2.27. The number of unbranched alkanes of at least 4 members (excludes halogenated alkanes) is 2. The predicted octanol–water partition coefficient (Wildman–Crippen LogP) is 7.52. The molecular formula is C28H38O4S. The van der Waals surface area contributed by atoms with Gasteiger partial charge in [-0.2, -0.15) is 11.8 Å². The van der Waals surface area contributed by atoms with Gasteiger partial charge in [0, 0.05) is 25.4 Å². The molecule has 0 aliphatic carbocycles. The van der Waals surface area contributed by atoms with E-state index in [1.807, 2.05) is 48.2 Å². The quantitative estimate of drug-likeness (QED) is 0.211. The Labute approximate surface area is 203 Å². The predicted molar refractivity (Wildman–Crippen MR) is 137 cm³/mol. The van der Waals surface area contributed by atoms with E-state index >= 15 is 0 Å². The molecule has 2 aromatic carbocycles. The number of hydrogen-bond acceptors (Lipinski definition) is 5. The van der Waals surface area contributed by atoms with Crippen molar-refractivity contribution in [2.45, 2.75) is 78.1 Å². The third-order valence-electron chi connectivity index (χ3n) is 5.68. The number of rotatable bonds is 14. The van der Waals surface area contributed by atoms with Crippen LogP contribution in [-0.2, 0) is 9.59 Å². The van der Waals surface area contributed by atoms with Gasteiger partial charge in [-0.15, -0.1) is 0 Å². The second kappa shape index (κ2) is 14.8. The normalized spacial score (nSPS) is 12.7. The van der Waals surface area contributed by atoms with Gasteiger partial charge < -0.3 is 9.47 Å². The van der Waals surface area contributed by atoms with Crippen LogP contribution in [0.2, 0.25) is 0 Å². The van der Waals surface area contributed by atoms with Gasteiger partial charge in [-0.25, -0.2) is 0 Å². The summed E-state index contributed by atoms with van der Waals surface area (Å²) in [6.45, 7) is 7.31. The van der Waals surface area contributed by atoms with Gasteiger partial charge in [0.15, 0.2) is 0 Å². The average molecular weight is 471 g/mol. The molecule has 0 amide bonds. The summed E-state index contributed by atoms with van der Waals surface area (Å²) >= 11 is 1.93. The van der Waals surface area contributed by atoms with Crippen molar-refractivity contribution in [3.63, 3.8) is 0 Å². The highest BCUT2D eigenvalue weighted by Gasteiger charge is 2.20. The molecule has 0 aromatic heterocycles. The van der Waals surface area contributed by atoms with E-state index in [9.17, 15) is 9.59 Å². The largest absolute Gasteiger partial charge is 0.426 e. The standard InChI is InChI=1S/C28H38O4S/c1-5-7-13-23(25-15-9-11-17-27(25)31-21(3)29)19-33-20-24(14-8-6-2)26-16-10-12-18-28(26)32-22(4)30/h9-12,15-18,23-24H,5-8,13-14,19-20H2,1-4H3. The molecular weight excluding hydrogens is 432 g/mol. The first kappa shape index (κ1) is 27.0. The molecule has 0 aliphatic rings. The topological polar surface area (TPSA) is 52.6 Å². The number of ether oxygens (including phenoxy) is 2. The molecule has 0 bridgehead atoms. The maximum atomic E-state index is 11.6. The minimum absolute atomic E-state index is 0.286. The van der Waals surface area contributed by atoms with E-state index in [0.29, 0.717) is 23.3 Å². The molecule has 2 unspecified atom stereocenters. The fraction of sp³-hybridized carbons (Fsp3) is 0.500. The third-order valence-corrected chi connectivity index (χ3v) is 6.95. The molecule has 0 radical (unpaired) electrons. The van der Waals surface area contributed by atoms with Crippen molar-refractivity contribution < 1.29 is 19.1 Å². The number of carbonyl (C=O) groups excluding carboxylic acids is 2. The van der Waals surface area contributed by atoms with Crippen LogP contribution in [0, 0.1) is 0 Å². The fourth-order valence-electron chi connectivity index (χ4n) is 4.04. The van der Waals surface area contributed by atoms with Crippen LogP contribution in [0.4, 0.5) is 0 Å². The van der Waals surface area contributed by atoms with Gasteiger partial charge in [-0.3, -0.25) is 9.59 Å². The molecule has 0 aliphatic heterocycles. The van der Waals surface area contributed by atoms with Crippen LogP contribution in [0.1, 0.15) is 89.2 Å². The van der Waals surface area contributed by atoms with Gasteiger partial charge in [0.25, 0.3) is 0 Å². The molecule has 0 fully saturated rings. The highest BCUT2D eigenvalue weighted by molar-refractivity contribution is 7.99. The molecule has 4 nitrogen and oxygen atoms in total. The summed E-state index contributed by atoms with van der Waals surface area (Å²) in [6.07, 6.45) is 6.65. The number of hydrogen-bond donors (Lipinski definition) is 0. The van der Waals surface area contributed by atoms with Crippen LogP contribution in [-0.4, -0.2) is 23.4 Å². The van der Waals surface area contributed by atoms with Gasteiger partial charge in [0.1, 0.15) is 11.5 Å². The number of benzene rings is 2. The molecule has 0 N–H and O–H groups in total. The van der Waals surface area contributed by atoms with Crippen molar-refractivity contribution >= 4 is 23.7 Å². The summed E-state index contributed by atoms with van der Waals surface area (Å²) < 4.78 is 11.0. The van der Waals surface area contributed by atoms with Gasteiger partial charge in [0.05, 0.1) is 0 Å². The van der Waals surface area contributed by atoms with Gasteiger partial charge in [-0.05, 0) is 47.9 Å². The van der Waals surface area contributed by atoms with Crippen molar-refractivity contribution in [2.24, 2.45) is 0 Å². The van der Waals surface area contributed by atoms with E-state index in [4.69, 9.17) is 9.47 Å². The summed E-state index contributed by atoms with van der Waals surface area (Å²) in [5.41, 5.74) is 2.22. The van der Waals surface area contributed by atoms with E-state index < -0.39 is 0 Å². The summed E-state index contributed by atoms with van der Waals surface area (Å²) in [5.74, 6) is 3.33. The lowest BCUT2D eigenvalue weighted by atomic mass is 9.94. The Morgan fingerprint density at radius 1 is 0.727 bits per heavy atom. The van der Waals surface area contributed by atoms with Crippen LogP contribution in [0.25, 0.3) is 0 Å². The Balaban J connectivity index is 2.17. The Bertz CT molecular complexity index is 808. The summed E-state index contributed by atoms with van der Waals surface area (Å²) in [6, 6.07) is 15.8. The monoisotopic (exact) mass is 470 g/mol. The number of carbonyl (C=O) groups is 2. The molecule has 0 spiro atoms. The van der Waals surface area contributed by atoms with Crippen LogP contribution in [0.5, 0.6) is 11.5 Å². The second-order valence-corrected chi connectivity index (χ2v) is 9.55. The minimum atomic E-state index is -0.286. The van der Waals surface area contributed by atoms with E-state index in [2.05, 4.69) is 26.0 Å². The second-order valence-electron chi connectivity index (χ2n) is 8.48. The Morgan fingerprint density at radius 3 is 1.48 bits per heavy atom. The smallest absolute Gasteiger partial charge is 0.308 e. The first-order valence-corrected chi connectivity index (χ1v) is 13.2. The van der Waals surface area contributed by atoms with Gasteiger partial charge in [-0.1, -0.05) is 75.9 Å². The van der Waals surface area contributed by atoms with Crippen molar-refractivity contribution in [3.05, 3.63) is 59.7 Å². The van der Waals surface area contributed by atoms with Gasteiger partial charge in [0.2, 0.25) is 0 Å². The highest BCUT2D eigenvalue weighted by Crippen LogP contribution is 2.37. The molecule has 180 valence electrons. The van der Waals surface area contributed by atoms with Crippen molar-refractivity contribution in [3.8, 4) is 11.5 Å². The molecule has 0 saturated heterocycles. The third kappa shape index (κ3) is 9.24. The van der Waals surface area contributed by atoms with Crippen LogP contribution < -0.4 is 9.47 Å². The molecule has 0 heterocycles. The first-order valence-electron chi connectivity index (χ1n) is 12.1. The van der Waals surface area contributed by atoms with E-state index in [0.717, 1.165) is 61.2 Å². The lowest BCUT2D eigenvalue weighted by Gasteiger charge is -2.23. The highest BCUT2D eigenvalue weighted by atomic mass is 32.2. The van der Waals surface area contributed by atoms with Crippen LogP contribution >= 0.6 is 11.8 Å². The summed E-state index contributed by atoms with van der Waals surface area (Å²) in [4.78, 5) is 23.2. The van der Waals surface area contributed by atoms with Crippen molar-refractivity contribution in [1.82, 2.24) is 0 Å². The molecule has 33 heavy (non-hydrogen) atoms. The van der Waals surface area contributed by atoms with Crippen molar-refractivity contribution in [1.29, 1.82) is 0 Å². The molecule has 2 aromatic rings. The zero-order valence-corrected chi connectivity index (χ0v) is 21.3. The fourth-order valence-corrected chi connectivity index (χ4v) is 5.44. The van der Waals surface area contributed by atoms with Crippen LogP contribution in [0.3, 0.4) is 0 Å². The van der Waals surface area contributed by atoms with Crippen LogP contribution in [0.15, 0.2) is 48.5 Å². The van der Waals surface area contributed by atoms with E-state index in [1.54, 1.807) is 0 Å².